The number of carbonyl (C=O) groups is 2. The molecule has 18 heavy (non-hydrogen) atoms. The van der Waals surface area contributed by atoms with Gasteiger partial charge in [0.2, 0.25) is 5.91 Å². The van der Waals surface area contributed by atoms with Crippen molar-refractivity contribution in [3.05, 3.63) is 48.0 Å². The van der Waals surface area contributed by atoms with Crippen LogP contribution in [0.3, 0.4) is 0 Å². The molecule has 2 amide bonds. The third-order valence-corrected chi connectivity index (χ3v) is 2.79. The molecule has 2 rings (SSSR count). The maximum absolute atomic E-state index is 12.3. The standard InChI is InChI=1S/C14H16N2O2/c1-10(2)8-16-9-12(17)15-13(14(16)18)11-6-4-3-5-7-11/h3-7,13H,1,8-9H2,2H3,(H,15,17). The quantitative estimate of drug-likeness (QED) is 0.814. The molecule has 1 aromatic carbocycles. The number of rotatable bonds is 3. The number of benzene rings is 1. The van der Waals surface area contributed by atoms with Crippen LogP contribution in [0.5, 0.6) is 0 Å². The first-order chi connectivity index (χ1) is 8.58. The van der Waals surface area contributed by atoms with E-state index in [1.807, 2.05) is 37.3 Å². The van der Waals surface area contributed by atoms with Gasteiger partial charge >= 0.3 is 0 Å². The van der Waals surface area contributed by atoms with Gasteiger partial charge in [-0.2, -0.15) is 0 Å². The molecule has 1 N–H and O–H groups in total. The van der Waals surface area contributed by atoms with Crippen LogP contribution in [0.4, 0.5) is 0 Å². The van der Waals surface area contributed by atoms with E-state index in [4.69, 9.17) is 0 Å². The Bertz CT molecular complexity index is 480. The van der Waals surface area contributed by atoms with Crippen molar-refractivity contribution in [3.63, 3.8) is 0 Å². The maximum Gasteiger partial charge on any atom is 0.250 e. The Balaban J connectivity index is 2.23. The van der Waals surface area contributed by atoms with Gasteiger partial charge in [-0.1, -0.05) is 42.5 Å². The lowest BCUT2D eigenvalue weighted by Crippen LogP contribution is -2.53. The Labute approximate surface area is 106 Å². The van der Waals surface area contributed by atoms with Gasteiger partial charge in [0.25, 0.3) is 5.91 Å². The summed E-state index contributed by atoms with van der Waals surface area (Å²) in [6, 6.07) is 8.69. The van der Waals surface area contributed by atoms with E-state index in [2.05, 4.69) is 11.9 Å². The van der Waals surface area contributed by atoms with Gasteiger partial charge in [-0.05, 0) is 12.5 Å². The lowest BCUT2D eigenvalue weighted by atomic mass is 10.0. The normalized spacial score (nSPS) is 19.6. The van der Waals surface area contributed by atoms with Crippen molar-refractivity contribution >= 4 is 11.8 Å². The second-order valence-electron chi connectivity index (χ2n) is 4.56. The first-order valence-corrected chi connectivity index (χ1v) is 5.85. The summed E-state index contributed by atoms with van der Waals surface area (Å²) in [5, 5.41) is 2.73. The van der Waals surface area contributed by atoms with Crippen LogP contribution >= 0.6 is 0 Å². The Hall–Kier alpha value is -2.10. The van der Waals surface area contributed by atoms with Gasteiger partial charge in [0.05, 0.1) is 6.54 Å². The SMILES string of the molecule is C=C(C)CN1CC(=O)NC(c2ccccc2)C1=O. The molecule has 0 aromatic heterocycles. The van der Waals surface area contributed by atoms with Gasteiger partial charge in [-0.3, -0.25) is 9.59 Å². The number of hydrogen-bond donors (Lipinski definition) is 1. The average molecular weight is 244 g/mol. The predicted molar refractivity (Wildman–Crippen MR) is 68.7 cm³/mol. The van der Waals surface area contributed by atoms with Crippen molar-refractivity contribution < 1.29 is 9.59 Å². The Morgan fingerprint density at radius 1 is 1.39 bits per heavy atom. The number of hydrogen-bond acceptors (Lipinski definition) is 2. The summed E-state index contributed by atoms with van der Waals surface area (Å²) in [6.07, 6.45) is 0. The van der Waals surface area contributed by atoms with Crippen LogP contribution in [0.2, 0.25) is 0 Å². The van der Waals surface area contributed by atoms with Crippen molar-refractivity contribution in [2.75, 3.05) is 13.1 Å². The Morgan fingerprint density at radius 3 is 2.67 bits per heavy atom. The van der Waals surface area contributed by atoms with Crippen molar-refractivity contribution in [1.82, 2.24) is 10.2 Å². The smallest absolute Gasteiger partial charge is 0.250 e. The molecule has 1 saturated heterocycles. The zero-order valence-corrected chi connectivity index (χ0v) is 10.3. The zero-order chi connectivity index (χ0) is 13.1. The molecule has 0 aliphatic carbocycles. The molecule has 1 atom stereocenters. The molecule has 4 nitrogen and oxygen atoms in total. The Morgan fingerprint density at radius 2 is 2.06 bits per heavy atom. The molecule has 0 radical (unpaired) electrons. The van der Waals surface area contributed by atoms with E-state index in [1.165, 1.54) is 0 Å². The molecular formula is C14H16N2O2. The predicted octanol–water partition coefficient (Wildman–Crippen LogP) is 1.26. The number of piperazine rings is 1. The minimum Gasteiger partial charge on any atom is -0.339 e. The van der Waals surface area contributed by atoms with Gasteiger partial charge < -0.3 is 10.2 Å². The number of nitrogens with zero attached hydrogens (tertiary/aromatic N) is 1. The van der Waals surface area contributed by atoms with Gasteiger partial charge in [-0.25, -0.2) is 0 Å². The van der Waals surface area contributed by atoms with Crippen LogP contribution in [0, 0.1) is 0 Å². The summed E-state index contributed by atoms with van der Waals surface area (Å²) < 4.78 is 0. The second kappa shape index (κ2) is 5.04. The highest BCUT2D eigenvalue weighted by Crippen LogP contribution is 2.19. The first kappa shape index (κ1) is 12.4. The largest absolute Gasteiger partial charge is 0.339 e. The lowest BCUT2D eigenvalue weighted by molar-refractivity contribution is -0.144. The van der Waals surface area contributed by atoms with Crippen LogP contribution in [0.25, 0.3) is 0 Å². The van der Waals surface area contributed by atoms with Crippen LogP contribution in [0.15, 0.2) is 42.5 Å². The van der Waals surface area contributed by atoms with Gasteiger partial charge in [-0.15, -0.1) is 0 Å². The van der Waals surface area contributed by atoms with E-state index in [-0.39, 0.29) is 18.4 Å². The number of carbonyl (C=O) groups excluding carboxylic acids is 2. The third kappa shape index (κ3) is 2.59. The molecule has 1 unspecified atom stereocenters. The maximum atomic E-state index is 12.3. The molecule has 1 heterocycles. The topological polar surface area (TPSA) is 49.4 Å². The minimum atomic E-state index is -0.577. The molecule has 1 aromatic rings. The second-order valence-corrected chi connectivity index (χ2v) is 4.56. The molecule has 1 aliphatic rings. The molecule has 0 spiro atoms. The van der Waals surface area contributed by atoms with E-state index >= 15 is 0 Å². The molecular weight excluding hydrogens is 228 g/mol. The van der Waals surface area contributed by atoms with Crippen molar-refractivity contribution in [2.45, 2.75) is 13.0 Å². The Kier molecular flexibility index (Phi) is 3.46. The lowest BCUT2D eigenvalue weighted by Gasteiger charge is -2.32. The van der Waals surface area contributed by atoms with Crippen LogP contribution in [0.1, 0.15) is 18.5 Å². The fourth-order valence-electron chi connectivity index (χ4n) is 2.03. The van der Waals surface area contributed by atoms with E-state index in [0.717, 1.165) is 11.1 Å². The molecule has 1 aliphatic heterocycles. The molecule has 1 fully saturated rings. The highest BCUT2D eigenvalue weighted by molar-refractivity contribution is 5.95. The fraction of sp³-hybridized carbons (Fsp3) is 0.286. The monoisotopic (exact) mass is 244 g/mol. The van der Waals surface area contributed by atoms with Crippen molar-refractivity contribution in [3.8, 4) is 0 Å². The minimum absolute atomic E-state index is 0.0798. The van der Waals surface area contributed by atoms with E-state index in [1.54, 1.807) is 4.90 Å². The van der Waals surface area contributed by atoms with E-state index < -0.39 is 6.04 Å². The summed E-state index contributed by atoms with van der Waals surface area (Å²) in [5.74, 6) is -0.214. The van der Waals surface area contributed by atoms with Crippen LogP contribution in [-0.2, 0) is 9.59 Å². The number of nitrogens with one attached hydrogen (secondary N) is 1. The highest BCUT2D eigenvalue weighted by atomic mass is 16.2. The molecule has 94 valence electrons. The molecule has 0 bridgehead atoms. The van der Waals surface area contributed by atoms with E-state index in [0.29, 0.717) is 6.54 Å². The summed E-state index contributed by atoms with van der Waals surface area (Å²) in [7, 11) is 0. The van der Waals surface area contributed by atoms with Gasteiger partial charge in [0, 0.05) is 6.54 Å². The summed E-state index contributed by atoms with van der Waals surface area (Å²) in [4.78, 5) is 25.5. The summed E-state index contributed by atoms with van der Waals surface area (Å²) in [6.45, 7) is 6.16. The van der Waals surface area contributed by atoms with Crippen LogP contribution < -0.4 is 5.32 Å². The average Bonchev–Trinajstić information content (AvgIpc) is 2.34. The van der Waals surface area contributed by atoms with E-state index in [9.17, 15) is 9.59 Å². The summed E-state index contributed by atoms with van der Waals surface area (Å²) >= 11 is 0. The van der Waals surface area contributed by atoms with Gasteiger partial charge in [0.15, 0.2) is 0 Å². The highest BCUT2D eigenvalue weighted by Gasteiger charge is 2.33. The fourth-order valence-corrected chi connectivity index (χ4v) is 2.03. The summed E-state index contributed by atoms with van der Waals surface area (Å²) in [5.41, 5.74) is 1.67. The zero-order valence-electron chi connectivity index (χ0n) is 10.3. The molecule has 4 heteroatoms. The van der Waals surface area contributed by atoms with Crippen LogP contribution in [-0.4, -0.2) is 29.8 Å². The first-order valence-electron chi connectivity index (χ1n) is 5.85. The van der Waals surface area contributed by atoms with Crippen molar-refractivity contribution in [1.29, 1.82) is 0 Å². The van der Waals surface area contributed by atoms with Crippen molar-refractivity contribution in [2.24, 2.45) is 0 Å². The van der Waals surface area contributed by atoms with Gasteiger partial charge in [0.1, 0.15) is 6.04 Å². The third-order valence-electron chi connectivity index (χ3n) is 2.79. The molecule has 0 saturated carbocycles. The number of amides is 2.